The number of hydrogen-bond acceptors (Lipinski definition) is 8. The summed E-state index contributed by atoms with van der Waals surface area (Å²) in [4.78, 5) is 70.5. The van der Waals surface area contributed by atoms with Crippen molar-refractivity contribution in [1.29, 1.82) is 0 Å². The van der Waals surface area contributed by atoms with Crippen LogP contribution in [0, 0.1) is 0 Å². The monoisotopic (exact) mass is 463 g/mol. The molecule has 0 aliphatic rings. The molecule has 1 atom stereocenters. The Balaban J connectivity index is 2.57. The van der Waals surface area contributed by atoms with E-state index >= 15 is 0 Å². The van der Waals surface area contributed by atoms with Gasteiger partial charge in [-0.2, -0.15) is 0 Å². The van der Waals surface area contributed by atoms with E-state index in [1.807, 2.05) is 0 Å². The normalized spacial score (nSPS) is 11.0. The third kappa shape index (κ3) is 11.9. The lowest BCUT2D eigenvalue weighted by molar-refractivity contribution is -0.131. The van der Waals surface area contributed by atoms with Crippen molar-refractivity contribution in [2.75, 3.05) is 39.3 Å². The maximum absolute atomic E-state index is 12.6. The first-order chi connectivity index (χ1) is 15.7. The highest BCUT2D eigenvalue weighted by Crippen LogP contribution is 2.03. The summed E-state index contributed by atoms with van der Waals surface area (Å²) in [5.41, 5.74) is 11.1. The Bertz CT molecular complexity index is 847. The Morgan fingerprint density at radius 3 is 1.82 bits per heavy atom. The van der Waals surface area contributed by atoms with Crippen LogP contribution in [0.15, 0.2) is 30.3 Å². The van der Waals surface area contributed by atoms with Crippen molar-refractivity contribution in [2.45, 2.75) is 12.5 Å². The van der Waals surface area contributed by atoms with Gasteiger partial charge in [-0.15, -0.1) is 0 Å². The summed E-state index contributed by atoms with van der Waals surface area (Å²) in [5.74, 6) is -3.38. The lowest BCUT2D eigenvalue weighted by Crippen LogP contribution is -2.52. The van der Waals surface area contributed by atoms with Gasteiger partial charge in [-0.1, -0.05) is 30.3 Å². The van der Waals surface area contributed by atoms with Crippen molar-refractivity contribution in [2.24, 2.45) is 11.5 Å². The zero-order valence-electron chi connectivity index (χ0n) is 18.0. The van der Waals surface area contributed by atoms with E-state index in [1.54, 1.807) is 30.3 Å². The topological polar surface area (TPSA) is 215 Å². The highest BCUT2D eigenvalue weighted by Gasteiger charge is 2.22. The van der Waals surface area contributed by atoms with Crippen molar-refractivity contribution in [1.82, 2.24) is 26.6 Å². The fourth-order valence-corrected chi connectivity index (χ4v) is 2.42. The van der Waals surface area contributed by atoms with Gasteiger partial charge in [0.2, 0.25) is 29.5 Å². The summed E-state index contributed by atoms with van der Waals surface area (Å²) in [6.45, 7) is -1.93. The fraction of sp³-hybridized carbons (Fsp3) is 0.400. The number of ketones is 1. The van der Waals surface area contributed by atoms with Gasteiger partial charge in [0.05, 0.1) is 39.3 Å². The van der Waals surface area contributed by atoms with E-state index in [2.05, 4.69) is 26.6 Å². The van der Waals surface area contributed by atoms with Crippen LogP contribution in [0.5, 0.6) is 0 Å². The molecule has 13 heteroatoms. The number of hydrogen-bond donors (Lipinski definition) is 7. The van der Waals surface area contributed by atoms with Gasteiger partial charge in [0.25, 0.3) is 0 Å². The molecule has 0 saturated heterocycles. The summed E-state index contributed by atoms with van der Waals surface area (Å²) in [7, 11) is 0. The molecule has 0 heterocycles. The number of amides is 5. The Morgan fingerprint density at radius 1 is 0.667 bits per heavy atom. The first kappa shape index (κ1) is 27.2. The molecule has 0 radical (unpaired) electrons. The number of carbonyl (C=O) groups is 6. The van der Waals surface area contributed by atoms with Gasteiger partial charge >= 0.3 is 0 Å². The van der Waals surface area contributed by atoms with E-state index in [4.69, 9.17) is 11.5 Å². The molecule has 9 N–H and O–H groups in total. The lowest BCUT2D eigenvalue weighted by atomic mass is 10.1. The molecular formula is C20H29N7O6. The minimum absolute atomic E-state index is 0.141. The zero-order chi connectivity index (χ0) is 24.6. The van der Waals surface area contributed by atoms with Crippen LogP contribution in [-0.4, -0.2) is 80.6 Å². The van der Waals surface area contributed by atoms with E-state index in [1.165, 1.54) is 0 Å². The molecule has 0 aliphatic carbocycles. The quantitative estimate of drug-likeness (QED) is 0.143. The predicted molar refractivity (Wildman–Crippen MR) is 117 cm³/mol. The fourth-order valence-electron chi connectivity index (χ4n) is 2.42. The second kappa shape index (κ2) is 15.0. The van der Waals surface area contributed by atoms with Gasteiger partial charge in [-0.05, 0) is 5.56 Å². The molecule has 1 aromatic carbocycles. The van der Waals surface area contributed by atoms with E-state index in [0.29, 0.717) is 0 Å². The van der Waals surface area contributed by atoms with Crippen molar-refractivity contribution >= 4 is 35.3 Å². The van der Waals surface area contributed by atoms with Crippen LogP contribution in [0.25, 0.3) is 0 Å². The molecule has 33 heavy (non-hydrogen) atoms. The van der Waals surface area contributed by atoms with Crippen LogP contribution in [0.1, 0.15) is 5.56 Å². The minimum atomic E-state index is -1.02. The van der Waals surface area contributed by atoms with E-state index in [9.17, 15) is 28.8 Å². The molecule has 0 unspecified atom stereocenters. The molecule has 0 aliphatic heterocycles. The first-order valence-electron chi connectivity index (χ1n) is 10.1. The molecule has 1 rings (SSSR count). The minimum Gasteiger partial charge on any atom is -0.347 e. The van der Waals surface area contributed by atoms with Crippen LogP contribution in [0.3, 0.4) is 0 Å². The van der Waals surface area contributed by atoms with E-state index < -0.39 is 48.7 Å². The Labute approximate surface area is 190 Å². The molecule has 0 spiro atoms. The van der Waals surface area contributed by atoms with Crippen LogP contribution in [0.4, 0.5) is 0 Å². The van der Waals surface area contributed by atoms with Gasteiger partial charge < -0.3 is 38.1 Å². The number of rotatable bonds is 14. The highest BCUT2D eigenvalue weighted by atomic mass is 16.2. The molecule has 5 amide bonds. The molecule has 0 bridgehead atoms. The van der Waals surface area contributed by atoms with Gasteiger partial charge in [-0.3, -0.25) is 28.8 Å². The second-order valence-electron chi connectivity index (χ2n) is 6.80. The summed E-state index contributed by atoms with van der Waals surface area (Å²) < 4.78 is 0. The molecule has 0 aromatic heterocycles. The van der Waals surface area contributed by atoms with Gasteiger partial charge in [0, 0.05) is 6.42 Å². The summed E-state index contributed by atoms with van der Waals surface area (Å²) in [6, 6.07) is 7.85. The standard InChI is InChI=1S/C20H29N7O6/c21-7-14(28)9-23-17(30)10-25-18(31)11-26-20(33)15(6-13-4-2-1-3-5-13)27-19(32)12-24-16(29)8-22/h1-5,15H,6-12,21-22H2,(H,23,30)(H,24,29)(H,25,31)(H,26,33)(H,27,32)/t15-/m0/s1. The number of carbonyl (C=O) groups excluding carboxylic acids is 6. The maximum Gasteiger partial charge on any atom is 0.243 e. The summed E-state index contributed by atoms with van der Waals surface area (Å²) in [5, 5.41) is 11.8. The third-order valence-corrected chi connectivity index (χ3v) is 4.15. The van der Waals surface area contributed by atoms with Crippen molar-refractivity contribution in [3.63, 3.8) is 0 Å². The molecule has 13 nitrogen and oxygen atoms in total. The summed E-state index contributed by atoms with van der Waals surface area (Å²) >= 11 is 0. The lowest BCUT2D eigenvalue weighted by Gasteiger charge is -2.19. The Morgan fingerprint density at radius 2 is 1.21 bits per heavy atom. The van der Waals surface area contributed by atoms with Crippen molar-refractivity contribution in [3.8, 4) is 0 Å². The van der Waals surface area contributed by atoms with Crippen LogP contribution < -0.4 is 38.1 Å². The predicted octanol–water partition coefficient (Wildman–Crippen LogP) is -4.33. The molecule has 0 saturated carbocycles. The Hall–Kier alpha value is -3.84. The van der Waals surface area contributed by atoms with Gasteiger partial charge in [-0.25, -0.2) is 0 Å². The maximum atomic E-state index is 12.6. The smallest absolute Gasteiger partial charge is 0.243 e. The van der Waals surface area contributed by atoms with Crippen molar-refractivity contribution in [3.05, 3.63) is 35.9 Å². The number of nitrogens with one attached hydrogen (secondary N) is 5. The molecular weight excluding hydrogens is 434 g/mol. The largest absolute Gasteiger partial charge is 0.347 e. The van der Waals surface area contributed by atoms with Gasteiger partial charge in [0.15, 0.2) is 5.78 Å². The number of Topliss-reactive ketones (excluding diaryl/α,β-unsaturated/α-hetero) is 1. The SMILES string of the molecule is NCC(=O)CNC(=O)CNC(=O)CNC(=O)[C@H](Cc1ccccc1)NC(=O)CNC(=O)CN. The summed E-state index contributed by atoms with van der Waals surface area (Å²) in [6.07, 6.45) is 0.141. The van der Waals surface area contributed by atoms with E-state index in [-0.39, 0.29) is 38.4 Å². The second-order valence-corrected chi connectivity index (χ2v) is 6.80. The van der Waals surface area contributed by atoms with Crippen LogP contribution >= 0.6 is 0 Å². The Kier molecular flexibility index (Phi) is 12.4. The van der Waals surface area contributed by atoms with Crippen molar-refractivity contribution < 1.29 is 28.8 Å². The molecule has 1 aromatic rings. The average Bonchev–Trinajstić information content (AvgIpc) is 2.82. The zero-order valence-corrected chi connectivity index (χ0v) is 18.0. The van der Waals surface area contributed by atoms with Gasteiger partial charge in [0.1, 0.15) is 6.04 Å². The number of nitrogens with two attached hydrogens (primary N) is 2. The molecule has 180 valence electrons. The van der Waals surface area contributed by atoms with Crippen LogP contribution in [-0.2, 0) is 35.2 Å². The highest BCUT2D eigenvalue weighted by molar-refractivity contribution is 5.93. The first-order valence-corrected chi connectivity index (χ1v) is 10.1. The molecule has 0 fully saturated rings. The third-order valence-electron chi connectivity index (χ3n) is 4.15. The van der Waals surface area contributed by atoms with Crippen LogP contribution in [0.2, 0.25) is 0 Å². The number of benzene rings is 1. The average molecular weight is 463 g/mol. The van der Waals surface area contributed by atoms with E-state index in [0.717, 1.165) is 5.56 Å².